The number of hydroxylamine groups is 2. The molecule has 0 aliphatic carbocycles. The molecular weight excluding hydrogens is 256 g/mol. The molecule has 1 atom stereocenters. The maximum Gasteiger partial charge on any atom is 0.221 e. The molecule has 1 saturated heterocycles. The predicted molar refractivity (Wildman–Crippen MR) is 76.0 cm³/mol. The van der Waals surface area contributed by atoms with E-state index in [0.29, 0.717) is 13.0 Å². The molecule has 1 aromatic heterocycles. The van der Waals surface area contributed by atoms with Gasteiger partial charge in [0.15, 0.2) is 0 Å². The number of hydrogen-bond donors (Lipinski definition) is 1. The molecule has 1 aliphatic rings. The van der Waals surface area contributed by atoms with Crippen LogP contribution in [0.2, 0.25) is 0 Å². The number of aryl methyl sites for hydroxylation is 1. The lowest BCUT2D eigenvalue weighted by atomic mass is 10.1. The highest BCUT2D eigenvalue weighted by atomic mass is 16.7. The highest BCUT2D eigenvalue weighted by Gasteiger charge is 2.13. The van der Waals surface area contributed by atoms with Crippen LogP contribution in [0.5, 0.6) is 0 Å². The minimum absolute atomic E-state index is 0.0890. The van der Waals surface area contributed by atoms with E-state index in [0.717, 1.165) is 44.6 Å². The highest BCUT2D eigenvalue weighted by Crippen LogP contribution is 2.07. The minimum Gasteiger partial charge on any atom is -0.469 e. The van der Waals surface area contributed by atoms with Crippen molar-refractivity contribution in [3.05, 3.63) is 24.2 Å². The standard InChI is InChI=1S/C15H24N2O3/c1-13(6-7-14-5-4-11-19-14)16-15(18)8-10-17-9-2-3-12-20-17/h4-5,11,13H,2-3,6-10,12H2,1H3,(H,16,18)/t13-/m0/s1. The first kappa shape index (κ1) is 15.1. The monoisotopic (exact) mass is 280 g/mol. The summed E-state index contributed by atoms with van der Waals surface area (Å²) >= 11 is 0. The molecule has 2 heterocycles. The second-order valence-corrected chi connectivity index (χ2v) is 5.31. The zero-order valence-corrected chi connectivity index (χ0v) is 12.1. The van der Waals surface area contributed by atoms with Gasteiger partial charge in [-0.05, 0) is 38.3 Å². The van der Waals surface area contributed by atoms with E-state index in [-0.39, 0.29) is 11.9 Å². The molecule has 1 aromatic rings. The van der Waals surface area contributed by atoms with Crippen LogP contribution in [0.3, 0.4) is 0 Å². The SMILES string of the molecule is C[C@@H](CCc1ccco1)NC(=O)CCN1CCCCO1. The van der Waals surface area contributed by atoms with Crippen LogP contribution in [-0.2, 0) is 16.1 Å². The number of furan rings is 1. The second kappa shape index (κ2) is 8.07. The molecule has 5 heteroatoms. The molecule has 0 unspecified atom stereocenters. The zero-order valence-electron chi connectivity index (χ0n) is 12.1. The van der Waals surface area contributed by atoms with E-state index in [1.807, 2.05) is 24.1 Å². The van der Waals surface area contributed by atoms with Crippen molar-refractivity contribution in [2.24, 2.45) is 0 Å². The van der Waals surface area contributed by atoms with E-state index in [1.165, 1.54) is 0 Å². The molecule has 112 valence electrons. The van der Waals surface area contributed by atoms with Gasteiger partial charge in [0.25, 0.3) is 0 Å². The maximum atomic E-state index is 11.8. The summed E-state index contributed by atoms with van der Waals surface area (Å²) in [6.45, 7) is 4.41. The van der Waals surface area contributed by atoms with Gasteiger partial charge in [0.1, 0.15) is 5.76 Å². The van der Waals surface area contributed by atoms with Gasteiger partial charge in [-0.3, -0.25) is 9.63 Å². The Kier molecular flexibility index (Phi) is 6.08. The van der Waals surface area contributed by atoms with E-state index in [2.05, 4.69) is 5.32 Å². The molecule has 0 spiro atoms. The summed E-state index contributed by atoms with van der Waals surface area (Å²) < 4.78 is 5.28. The van der Waals surface area contributed by atoms with Crippen molar-refractivity contribution >= 4 is 5.91 Å². The fourth-order valence-corrected chi connectivity index (χ4v) is 2.28. The van der Waals surface area contributed by atoms with Crippen LogP contribution < -0.4 is 5.32 Å². The highest BCUT2D eigenvalue weighted by molar-refractivity contribution is 5.76. The van der Waals surface area contributed by atoms with Crippen molar-refractivity contribution in [2.75, 3.05) is 19.7 Å². The molecule has 1 aliphatic heterocycles. The van der Waals surface area contributed by atoms with E-state index in [1.54, 1.807) is 6.26 Å². The number of rotatable bonds is 7. The Hall–Kier alpha value is -1.33. The molecule has 2 rings (SSSR count). The lowest BCUT2D eigenvalue weighted by Gasteiger charge is -2.25. The van der Waals surface area contributed by atoms with E-state index in [9.17, 15) is 4.79 Å². The van der Waals surface area contributed by atoms with Crippen molar-refractivity contribution < 1.29 is 14.0 Å². The van der Waals surface area contributed by atoms with Gasteiger partial charge in [-0.15, -0.1) is 0 Å². The van der Waals surface area contributed by atoms with Crippen molar-refractivity contribution in [1.82, 2.24) is 10.4 Å². The van der Waals surface area contributed by atoms with Gasteiger partial charge in [-0.1, -0.05) is 0 Å². The van der Waals surface area contributed by atoms with Gasteiger partial charge in [-0.25, -0.2) is 0 Å². The van der Waals surface area contributed by atoms with Crippen LogP contribution in [0, 0.1) is 0 Å². The fraction of sp³-hybridized carbons (Fsp3) is 0.667. The Morgan fingerprint density at radius 1 is 1.50 bits per heavy atom. The third-order valence-corrected chi connectivity index (χ3v) is 3.48. The minimum atomic E-state index is 0.0890. The number of carbonyl (C=O) groups is 1. The van der Waals surface area contributed by atoms with Gasteiger partial charge in [0.05, 0.1) is 12.9 Å². The molecule has 0 radical (unpaired) electrons. The Bertz CT molecular complexity index is 386. The third kappa shape index (κ3) is 5.35. The quantitative estimate of drug-likeness (QED) is 0.831. The summed E-state index contributed by atoms with van der Waals surface area (Å²) in [4.78, 5) is 17.3. The smallest absolute Gasteiger partial charge is 0.221 e. The summed E-state index contributed by atoms with van der Waals surface area (Å²) in [5, 5.41) is 4.92. The van der Waals surface area contributed by atoms with Crippen LogP contribution in [0.15, 0.2) is 22.8 Å². The van der Waals surface area contributed by atoms with E-state index in [4.69, 9.17) is 9.25 Å². The summed E-state index contributed by atoms with van der Waals surface area (Å²) in [5.41, 5.74) is 0. The lowest BCUT2D eigenvalue weighted by Crippen LogP contribution is -2.37. The number of amides is 1. The number of nitrogens with zero attached hydrogens (tertiary/aromatic N) is 1. The second-order valence-electron chi connectivity index (χ2n) is 5.31. The van der Waals surface area contributed by atoms with Crippen LogP contribution in [0.4, 0.5) is 0 Å². The number of carbonyl (C=O) groups excluding carboxylic acids is 1. The van der Waals surface area contributed by atoms with Gasteiger partial charge >= 0.3 is 0 Å². The van der Waals surface area contributed by atoms with Crippen molar-refractivity contribution in [3.63, 3.8) is 0 Å². The summed E-state index contributed by atoms with van der Waals surface area (Å²) in [6, 6.07) is 4.01. The normalized spacial score (nSPS) is 17.9. The van der Waals surface area contributed by atoms with E-state index >= 15 is 0 Å². The summed E-state index contributed by atoms with van der Waals surface area (Å²) in [7, 11) is 0. The number of hydrogen-bond acceptors (Lipinski definition) is 4. The molecule has 1 fully saturated rings. The van der Waals surface area contributed by atoms with Gasteiger partial charge in [0.2, 0.25) is 5.91 Å². The maximum absolute atomic E-state index is 11.8. The third-order valence-electron chi connectivity index (χ3n) is 3.48. The number of nitrogens with one attached hydrogen (secondary N) is 1. The average Bonchev–Trinajstić information content (AvgIpc) is 2.97. The van der Waals surface area contributed by atoms with Crippen molar-refractivity contribution in [2.45, 2.75) is 45.1 Å². The lowest BCUT2D eigenvalue weighted by molar-refractivity contribution is -0.181. The average molecular weight is 280 g/mol. The topological polar surface area (TPSA) is 54.7 Å². The first-order valence-electron chi connectivity index (χ1n) is 7.43. The van der Waals surface area contributed by atoms with Crippen LogP contribution in [0.25, 0.3) is 0 Å². The van der Waals surface area contributed by atoms with Crippen LogP contribution in [-0.4, -0.2) is 36.7 Å². The molecule has 20 heavy (non-hydrogen) atoms. The molecule has 0 saturated carbocycles. The van der Waals surface area contributed by atoms with Gasteiger partial charge < -0.3 is 9.73 Å². The van der Waals surface area contributed by atoms with Gasteiger partial charge in [0, 0.05) is 32.0 Å². The first-order valence-corrected chi connectivity index (χ1v) is 7.43. The molecular formula is C15H24N2O3. The Morgan fingerprint density at radius 3 is 3.10 bits per heavy atom. The predicted octanol–water partition coefficient (Wildman–Crippen LogP) is 2.13. The zero-order chi connectivity index (χ0) is 14.2. The van der Waals surface area contributed by atoms with Crippen molar-refractivity contribution in [1.29, 1.82) is 0 Å². The first-order chi connectivity index (χ1) is 9.74. The fourth-order valence-electron chi connectivity index (χ4n) is 2.28. The van der Waals surface area contributed by atoms with Gasteiger partial charge in [-0.2, -0.15) is 5.06 Å². The molecule has 5 nitrogen and oxygen atoms in total. The van der Waals surface area contributed by atoms with E-state index < -0.39 is 0 Å². The largest absolute Gasteiger partial charge is 0.469 e. The van der Waals surface area contributed by atoms with Crippen molar-refractivity contribution in [3.8, 4) is 0 Å². The summed E-state index contributed by atoms with van der Waals surface area (Å²) in [6.07, 6.45) is 6.18. The van der Waals surface area contributed by atoms with Crippen LogP contribution in [0.1, 0.15) is 38.4 Å². The Labute approximate surface area is 120 Å². The summed E-state index contributed by atoms with van der Waals surface area (Å²) in [5.74, 6) is 1.05. The Morgan fingerprint density at radius 2 is 2.40 bits per heavy atom. The molecule has 1 N–H and O–H groups in total. The molecule has 0 aromatic carbocycles. The Balaban J connectivity index is 1.58. The van der Waals surface area contributed by atoms with Crippen LogP contribution >= 0.6 is 0 Å². The molecule has 0 bridgehead atoms. The molecule has 1 amide bonds.